The van der Waals surface area contributed by atoms with Gasteiger partial charge in [0.2, 0.25) is 5.91 Å². The number of methoxy groups -OCH3 is 1. The van der Waals surface area contributed by atoms with Crippen LogP contribution in [-0.2, 0) is 4.79 Å². The maximum Gasteiger partial charge on any atom is 0.258 e. The predicted molar refractivity (Wildman–Crippen MR) is 84.5 cm³/mol. The van der Waals surface area contributed by atoms with Gasteiger partial charge in [-0.25, -0.2) is 0 Å². The van der Waals surface area contributed by atoms with Crippen LogP contribution in [0.25, 0.3) is 0 Å². The molecule has 0 aromatic heterocycles. The lowest BCUT2D eigenvalue weighted by Crippen LogP contribution is -2.42. The molecule has 1 N–H and O–H groups in total. The first-order chi connectivity index (χ1) is 10.6. The number of nitrogens with one attached hydrogen (secondary N) is 1. The highest BCUT2D eigenvalue weighted by Gasteiger charge is 2.27. The molecule has 0 spiro atoms. The molecule has 0 radical (unpaired) electrons. The number of hydrogen-bond acceptors (Lipinski definition) is 3. The molecule has 5 nitrogen and oxygen atoms in total. The van der Waals surface area contributed by atoms with Crippen molar-refractivity contribution in [3.8, 4) is 5.75 Å². The Morgan fingerprint density at radius 3 is 2.77 bits per heavy atom. The standard InChI is InChI=1S/C17H16N2O3/c1-11-7-8-12(9-15(11)22-2)17(21)19-10-16(20)18-13-5-3-4-6-14(13)19/h3-9H,10H2,1-2H3,(H,18,20). The fourth-order valence-corrected chi connectivity index (χ4v) is 2.52. The first-order valence-corrected chi connectivity index (χ1v) is 6.95. The molecule has 0 saturated carbocycles. The van der Waals surface area contributed by atoms with E-state index in [1.54, 1.807) is 25.3 Å². The third-order valence-electron chi connectivity index (χ3n) is 3.67. The summed E-state index contributed by atoms with van der Waals surface area (Å²) in [6, 6.07) is 12.5. The van der Waals surface area contributed by atoms with Crippen LogP contribution in [-0.4, -0.2) is 25.5 Å². The van der Waals surface area contributed by atoms with Gasteiger partial charge in [-0.15, -0.1) is 0 Å². The summed E-state index contributed by atoms with van der Waals surface area (Å²) in [5, 5.41) is 2.77. The molecule has 112 valence electrons. The van der Waals surface area contributed by atoms with E-state index < -0.39 is 0 Å². The van der Waals surface area contributed by atoms with Gasteiger partial charge in [0.05, 0.1) is 18.5 Å². The molecular formula is C17H16N2O3. The third kappa shape index (κ3) is 2.41. The smallest absolute Gasteiger partial charge is 0.258 e. The first-order valence-electron chi connectivity index (χ1n) is 6.95. The lowest BCUT2D eigenvalue weighted by Gasteiger charge is -2.29. The Kier molecular flexibility index (Phi) is 3.55. The number of carbonyl (C=O) groups is 2. The average Bonchev–Trinajstić information content (AvgIpc) is 2.53. The minimum absolute atomic E-state index is 0.00599. The molecule has 1 aliphatic rings. The van der Waals surface area contributed by atoms with Crippen LogP contribution in [0.1, 0.15) is 15.9 Å². The van der Waals surface area contributed by atoms with Crippen molar-refractivity contribution in [3.05, 3.63) is 53.6 Å². The molecule has 0 fully saturated rings. The molecule has 5 heteroatoms. The largest absolute Gasteiger partial charge is 0.496 e. The van der Waals surface area contributed by atoms with E-state index in [0.29, 0.717) is 22.7 Å². The third-order valence-corrected chi connectivity index (χ3v) is 3.67. The number of benzene rings is 2. The summed E-state index contributed by atoms with van der Waals surface area (Å²) >= 11 is 0. The number of carbonyl (C=O) groups excluding carboxylic acids is 2. The van der Waals surface area contributed by atoms with E-state index in [-0.39, 0.29) is 18.4 Å². The summed E-state index contributed by atoms with van der Waals surface area (Å²) in [5.41, 5.74) is 2.79. The second kappa shape index (κ2) is 5.52. The molecule has 1 heterocycles. The van der Waals surface area contributed by atoms with E-state index in [2.05, 4.69) is 5.32 Å². The van der Waals surface area contributed by atoms with Crippen molar-refractivity contribution in [2.75, 3.05) is 23.9 Å². The summed E-state index contributed by atoms with van der Waals surface area (Å²) in [4.78, 5) is 26.1. The highest BCUT2D eigenvalue weighted by Crippen LogP contribution is 2.30. The summed E-state index contributed by atoms with van der Waals surface area (Å²) < 4.78 is 5.26. The zero-order valence-corrected chi connectivity index (χ0v) is 12.4. The Morgan fingerprint density at radius 2 is 2.00 bits per heavy atom. The van der Waals surface area contributed by atoms with Crippen LogP contribution in [0.4, 0.5) is 11.4 Å². The molecular weight excluding hydrogens is 280 g/mol. The number of aryl methyl sites for hydroxylation is 1. The van der Waals surface area contributed by atoms with E-state index in [1.165, 1.54) is 4.90 Å². The molecule has 1 aliphatic heterocycles. The zero-order valence-electron chi connectivity index (χ0n) is 12.4. The van der Waals surface area contributed by atoms with Crippen LogP contribution in [0.2, 0.25) is 0 Å². The van der Waals surface area contributed by atoms with Crippen molar-refractivity contribution < 1.29 is 14.3 Å². The molecule has 2 aromatic carbocycles. The highest BCUT2D eigenvalue weighted by molar-refractivity contribution is 6.15. The first kappa shape index (κ1) is 14.1. The van der Waals surface area contributed by atoms with Crippen molar-refractivity contribution in [2.24, 2.45) is 0 Å². The number of anilines is 2. The van der Waals surface area contributed by atoms with E-state index in [0.717, 1.165) is 5.56 Å². The molecule has 0 aliphatic carbocycles. The Hall–Kier alpha value is -2.82. The van der Waals surface area contributed by atoms with E-state index >= 15 is 0 Å². The molecule has 0 saturated heterocycles. The van der Waals surface area contributed by atoms with Gasteiger partial charge in [0, 0.05) is 5.56 Å². The maximum atomic E-state index is 12.8. The van der Waals surface area contributed by atoms with Crippen LogP contribution in [0.3, 0.4) is 0 Å². The number of amides is 2. The summed E-state index contributed by atoms with van der Waals surface area (Å²) in [7, 11) is 1.57. The Morgan fingerprint density at radius 1 is 1.23 bits per heavy atom. The monoisotopic (exact) mass is 296 g/mol. The van der Waals surface area contributed by atoms with Gasteiger partial charge in [-0.05, 0) is 36.8 Å². The number of hydrogen-bond donors (Lipinski definition) is 1. The molecule has 0 bridgehead atoms. The van der Waals surface area contributed by atoms with Gasteiger partial charge in [0.25, 0.3) is 5.91 Å². The van der Waals surface area contributed by atoms with Crippen LogP contribution < -0.4 is 15.0 Å². The van der Waals surface area contributed by atoms with Gasteiger partial charge in [-0.3, -0.25) is 14.5 Å². The molecule has 22 heavy (non-hydrogen) atoms. The highest BCUT2D eigenvalue weighted by atomic mass is 16.5. The van der Waals surface area contributed by atoms with Gasteiger partial charge in [-0.2, -0.15) is 0 Å². The van der Waals surface area contributed by atoms with E-state index in [4.69, 9.17) is 4.74 Å². The topological polar surface area (TPSA) is 58.6 Å². The van der Waals surface area contributed by atoms with Crippen molar-refractivity contribution >= 4 is 23.2 Å². The van der Waals surface area contributed by atoms with Crippen LogP contribution >= 0.6 is 0 Å². The second-order valence-electron chi connectivity index (χ2n) is 5.14. The number of fused-ring (bicyclic) bond motifs is 1. The molecule has 2 aromatic rings. The molecule has 2 amide bonds. The number of ether oxygens (including phenoxy) is 1. The molecule has 0 atom stereocenters. The van der Waals surface area contributed by atoms with Crippen molar-refractivity contribution in [2.45, 2.75) is 6.92 Å². The Bertz CT molecular complexity index is 755. The second-order valence-corrected chi connectivity index (χ2v) is 5.14. The fourth-order valence-electron chi connectivity index (χ4n) is 2.52. The SMILES string of the molecule is COc1cc(C(=O)N2CC(=O)Nc3ccccc32)ccc1C. The van der Waals surface area contributed by atoms with Crippen LogP contribution in [0.15, 0.2) is 42.5 Å². The number of para-hydroxylation sites is 2. The summed E-state index contributed by atoms with van der Waals surface area (Å²) in [6.07, 6.45) is 0. The lowest BCUT2D eigenvalue weighted by atomic mass is 10.1. The minimum Gasteiger partial charge on any atom is -0.496 e. The predicted octanol–water partition coefficient (Wildman–Crippen LogP) is 2.60. The average molecular weight is 296 g/mol. The van der Waals surface area contributed by atoms with Gasteiger partial charge in [0.1, 0.15) is 12.3 Å². The minimum atomic E-state index is -0.222. The van der Waals surface area contributed by atoms with Gasteiger partial charge >= 0.3 is 0 Å². The summed E-state index contributed by atoms with van der Waals surface area (Å²) in [5.74, 6) is 0.229. The number of rotatable bonds is 2. The Balaban J connectivity index is 2.00. The molecule has 3 rings (SSSR count). The van der Waals surface area contributed by atoms with Gasteiger partial charge in [0.15, 0.2) is 0 Å². The van der Waals surface area contributed by atoms with E-state index in [1.807, 2.05) is 31.2 Å². The van der Waals surface area contributed by atoms with Crippen molar-refractivity contribution in [3.63, 3.8) is 0 Å². The maximum absolute atomic E-state index is 12.8. The quantitative estimate of drug-likeness (QED) is 0.926. The zero-order chi connectivity index (χ0) is 15.7. The van der Waals surface area contributed by atoms with Crippen molar-refractivity contribution in [1.29, 1.82) is 0 Å². The van der Waals surface area contributed by atoms with Gasteiger partial charge < -0.3 is 10.1 Å². The van der Waals surface area contributed by atoms with E-state index in [9.17, 15) is 9.59 Å². The summed E-state index contributed by atoms with van der Waals surface area (Å²) in [6.45, 7) is 1.92. The fraction of sp³-hybridized carbons (Fsp3) is 0.176. The van der Waals surface area contributed by atoms with Gasteiger partial charge in [-0.1, -0.05) is 18.2 Å². The van der Waals surface area contributed by atoms with Crippen LogP contribution in [0, 0.1) is 6.92 Å². The molecule has 0 unspecified atom stereocenters. The Labute approximate surface area is 128 Å². The van der Waals surface area contributed by atoms with Crippen molar-refractivity contribution in [1.82, 2.24) is 0 Å². The van der Waals surface area contributed by atoms with Crippen LogP contribution in [0.5, 0.6) is 5.75 Å². The lowest BCUT2D eigenvalue weighted by molar-refractivity contribution is -0.115. The normalized spacial score (nSPS) is 13.4. The number of nitrogens with zero attached hydrogens (tertiary/aromatic N) is 1.